The van der Waals surface area contributed by atoms with E-state index in [4.69, 9.17) is 4.52 Å². The van der Waals surface area contributed by atoms with Gasteiger partial charge in [0.15, 0.2) is 12.0 Å². The molecular formula is C12H7F4NO2. The lowest BCUT2D eigenvalue weighted by Gasteiger charge is -2.08. The van der Waals surface area contributed by atoms with Gasteiger partial charge in [-0.25, -0.2) is 4.39 Å². The van der Waals surface area contributed by atoms with Crippen molar-refractivity contribution < 1.29 is 26.9 Å². The Morgan fingerprint density at radius 3 is 2.47 bits per heavy atom. The number of hydrogen-bond donors (Lipinski definition) is 0. The first kappa shape index (κ1) is 13.3. The molecule has 0 amide bonds. The minimum Gasteiger partial charge on any atom is -0.355 e. The fraction of sp³-hybridized carbons (Fsp3) is 0.167. The zero-order chi connectivity index (χ0) is 14.2. The Bertz CT molecular complexity index is 631. The SMILES string of the molecule is Cc1c(C=O)noc1-c1ccc(C(F)(F)F)c(F)c1. The van der Waals surface area contributed by atoms with Gasteiger partial charge in [-0.1, -0.05) is 11.2 Å². The lowest BCUT2D eigenvalue weighted by molar-refractivity contribution is -0.139. The summed E-state index contributed by atoms with van der Waals surface area (Å²) in [6, 6.07) is 2.38. The molecule has 100 valence electrons. The molecule has 1 aromatic heterocycles. The summed E-state index contributed by atoms with van der Waals surface area (Å²) in [7, 11) is 0. The summed E-state index contributed by atoms with van der Waals surface area (Å²) in [6.45, 7) is 1.51. The fourth-order valence-electron chi connectivity index (χ4n) is 1.61. The minimum atomic E-state index is -4.76. The average molecular weight is 273 g/mol. The van der Waals surface area contributed by atoms with E-state index in [-0.39, 0.29) is 17.0 Å². The molecule has 0 unspecified atom stereocenters. The first-order chi connectivity index (χ1) is 8.84. The predicted molar refractivity (Wildman–Crippen MR) is 57.0 cm³/mol. The molecule has 0 bridgehead atoms. The number of aldehydes is 1. The van der Waals surface area contributed by atoms with Crippen LogP contribution in [-0.2, 0) is 6.18 Å². The van der Waals surface area contributed by atoms with Crippen LogP contribution < -0.4 is 0 Å². The normalized spacial score (nSPS) is 11.6. The van der Waals surface area contributed by atoms with Gasteiger partial charge in [-0.2, -0.15) is 13.2 Å². The third-order valence-corrected chi connectivity index (χ3v) is 2.61. The third kappa shape index (κ3) is 2.35. The van der Waals surface area contributed by atoms with Gasteiger partial charge >= 0.3 is 6.18 Å². The highest BCUT2D eigenvalue weighted by Crippen LogP contribution is 2.34. The van der Waals surface area contributed by atoms with Gasteiger partial charge in [0.25, 0.3) is 0 Å². The number of carbonyl (C=O) groups excluding carboxylic acids is 1. The molecule has 0 N–H and O–H groups in total. The number of aromatic nitrogens is 1. The Kier molecular flexibility index (Phi) is 3.13. The molecule has 19 heavy (non-hydrogen) atoms. The van der Waals surface area contributed by atoms with Crippen molar-refractivity contribution in [2.75, 3.05) is 0 Å². The third-order valence-electron chi connectivity index (χ3n) is 2.61. The zero-order valence-electron chi connectivity index (χ0n) is 9.58. The van der Waals surface area contributed by atoms with Crippen molar-refractivity contribution in [3.8, 4) is 11.3 Å². The summed E-state index contributed by atoms with van der Waals surface area (Å²) in [5, 5.41) is 3.42. The Hall–Kier alpha value is -2.18. The Morgan fingerprint density at radius 2 is 2.00 bits per heavy atom. The molecule has 7 heteroatoms. The van der Waals surface area contributed by atoms with Gasteiger partial charge in [-0.3, -0.25) is 4.79 Å². The second kappa shape index (κ2) is 4.49. The Labute approximate surface area is 104 Å². The van der Waals surface area contributed by atoms with Crippen molar-refractivity contribution in [3.05, 3.63) is 40.8 Å². The molecule has 3 nitrogen and oxygen atoms in total. The average Bonchev–Trinajstić information content (AvgIpc) is 2.68. The summed E-state index contributed by atoms with van der Waals surface area (Å²) < 4.78 is 55.4. The van der Waals surface area contributed by atoms with Crippen molar-refractivity contribution in [1.82, 2.24) is 5.16 Å². The van der Waals surface area contributed by atoms with E-state index >= 15 is 0 Å². The number of rotatable bonds is 2. The van der Waals surface area contributed by atoms with Crippen molar-refractivity contribution in [3.63, 3.8) is 0 Å². The Balaban J connectivity index is 2.50. The molecule has 0 radical (unpaired) electrons. The molecular weight excluding hydrogens is 266 g/mol. The first-order valence-electron chi connectivity index (χ1n) is 5.13. The standard InChI is InChI=1S/C12H7F4NO2/c1-6-10(5-18)17-19-11(6)7-2-3-8(9(13)4-7)12(14,15)16/h2-5H,1H3. The largest absolute Gasteiger partial charge is 0.419 e. The number of nitrogens with zero attached hydrogens (tertiary/aromatic N) is 1. The predicted octanol–water partition coefficient (Wildman–Crippen LogP) is 3.62. The van der Waals surface area contributed by atoms with Gasteiger partial charge < -0.3 is 4.52 Å². The molecule has 1 aromatic carbocycles. The fourth-order valence-corrected chi connectivity index (χ4v) is 1.61. The number of alkyl halides is 3. The molecule has 0 aliphatic carbocycles. The van der Waals surface area contributed by atoms with Crippen LogP contribution in [0.15, 0.2) is 22.7 Å². The number of carbonyl (C=O) groups is 1. The molecule has 2 aromatic rings. The quantitative estimate of drug-likeness (QED) is 0.620. The van der Waals surface area contributed by atoms with Crippen LogP contribution in [0.25, 0.3) is 11.3 Å². The molecule has 1 heterocycles. The number of halogens is 4. The first-order valence-corrected chi connectivity index (χ1v) is 5.13. The zero-order valence-corrected chi connectivity index (χ0v) is 9.58. The van der Waals surface area contributed by atoms with Crippen molar-refractivity contribution in [2.45, 2.75) is 13.1 Å². The lowest BCUT2D eigenvalue weighted by atomic mass is 10.1. The van der Waals surface area contributed by atoms with Crippen LogP contribution in [0.3, 0.4) is 0 Å². The molecule has 2 rings (SSSR count). The van der Waals surface area contributed by atoms with E-state index in [1.165, 1.54) is 6.92 Å². The van der Waals surface area contributed by atoms with Crippen LogP contribution >= 0.6 is 0 Å². The van der Waals surface area contributed by atoms with E-state index in [2.05, 4.69) is 5.16 Å². The lowest BCUT2D eigenvalue weighted by Crippen LogP contribution is -2.07. The van der Waals surface area contributed by atoms with E-state index < -0.39 is 17.6 Å². The highest BCUT2D eigenvalue weighted by atomic mass is 19.4. The van der Waals surface area contributed by atoms with Gasteiger partial charge in [0.05, 0.1) is 5.56 Å². The van der Waals surface area contributed by atoms with E-state index in [1.54, 1.807) is 0 Å². The monoisotopic (exact) mass is 273 g/mol. The highest BCUT2D eigenvalue weighted by molar-refractivity contribution is 5.78. The summed E-state index contributed by atoms with van der Waals surface area (Å²) >= 11 is 0. The Morgan fingerprint density at radius 1 is 1.32 bits per heavy atom. The van der Waals surface area contributed by atoms with Gasteiger partial charge in [0.2, 0.25) is 0 Å². The topological polar surface area (TPSA) is 43.1 Å². The summed E-state index contributed by atoms with van der Waals surface area (Å²) in [5.41, 5.74) is -0.905. The minimum absolute atomic E-state index is 0.0234. The van der Waals surface area contributed by atoms with E-state index in [1.807, 2.05) is 0 Å². The van der Waals surface area contributed by atoms with Crippen LogP contribution in [0.4, 0.5) is 17.6 Å². The molecule has 0 saturated carbocycles. The molecule has 0 spiro atoms. The van der Waals surface area contributed by atoms with Gasteiger partial charge in [0.1, 0.15) is 11.5 Å². The number of benzene rings is 1. The summed E-state index contributed by atoms with van der Waals surface area (Å²) in [4.78, 5) is 10.6. The molecule has 0 atom stereocenters. The van der Waals surface area contributed by atoms with Crippen LogP contribution in [-0.4, -0.2) is 11.4 Å². The maximum Gasteiger partial charge on any atom is 0.419 e. The smallest absolute Gasteiger partial charge is 0.355 e. The van der Waals surface area contributed by atoms with Crippen LogP contribution in [0.1, 0.15) is 21.6 Å². The van der Waals surface area contributed by atoms with Gasteiger partial charge in [-0.15, -0.1) is 0 Å². The van der Waals surface area contributed by atoms with E-state index in [0.717, 1.165) is 6.07 Å². The molecule has 0 aliphatic rings. The van der Waals surface area contributed by atoms with Crippen LogP contribution in [0.5, 0.6) is 0 Å². The van der Waals surface area contributed by atoms with Crippen molar-refractivity contribution in [1.29, 1.82) is 0 Å². The van der Waals surface area contributed by atoms with E-state index in [9.17, 15) is 22.4 Å². The van der Waals surface area contributed by atoms with Crippen molar-refractivity contribution in [2.24, 2.45) is 0 Å². The van der Waals surface area contributed by atoms with Crippen LogP contribution in [0.2, 0.25) is 0 Å². The van der Waals surface area contributed by atoms with Gasteiger partial charge in [-0.05, 0) is 19.1 Å². The van der Waals surface area contributed by atoms with Gasteiger partial charge in [0, 0.05) is 11.1 Å². The number of hydrogen-bond acceptors (Lipinski definition) is 3. The van der Waals surface area contributed by atoms with E-state index in [0.29, 0.717) is 24.0 Å². The maximum atomic E-state index is 13.4. The summed E-state index contributed by atoms with van der Waals surface area (Å²) in [5.74, 6) is -1.34. The maximum absolute atomic E-state index is 13.4. The summed E-state index contributed by atoms with van der Waals surface area (Å²) in [6.07, 6.45) is -4.31. The van der Waals surface area contributed by atoms with Crippen LogP contribution in [0, 0.1) is 12.7 Å². The second-order valence-electron chi connectivity index (χ2n) is 3.83. The molecule has 0 aliphatic heterocycles. The second-order valence-corrected chi connectivity index (χ2v) is 3.83. The molecule has 0 saturated heterocycles. The molecule has 0 fully saturated rings. The highest BCUT2D eigenvalue weighted by Gasteiger charge is 2.34. The van der Waals surface area contributed by atoms with Crippen molar-refractivity contribution >= 4 is 6.29 Å².